The second kappa shape index (κ2) is 8.19. The van der Waals surface area contributed by atoms with Crippen LogP contribution in [0.2, 0.25) is 0 Å². The maximum absolute atomic E-state index is 12.0. The highest BCUT2D eigenvalue weighted by atomic mass is 79.9. The number of aromatic nitrogens is 1. The average molecular weight is 397 g/mol. The minimum Gasteiger partial charge on any atom is -0.342 e. The summed E-state index contributed by atoms with van der Waals surface area (Å²) in [5.41, 5.74) is 7.41. The molecule has 0 spiro atoms. The summed E-state index contributed by atoms with van der Waals surface area (Å²) in [5, 5.41) is 7.80. The highest BCUT2D eigenvalue weighted by Gasteiger charge is 2.12. The van der Waals surface area contributed by atoms with Gasteiger partial charge in [0.15, 0.2) is 0 Å². The van der Waals surface area contributed by atoms with E-state index in [0.717, 1.165) is 15.0 Å². The second-order valence-electron chi connectivity index (χ2n) is 4.86. The number of aryl methyl sites for hydroxylation is 1. The van der Waals surface area contributed by atoms with E-state index in [1.807, 2.05) is 25.1 Å². The summed E-state index contributed by atoms with van der Waals surface area (Å²) in [6, 6.07) is 5.61. The zero-order chi connectivity index (χ0) is 16.8. The summed E-state index contributed by atoms with van der Waals surface area (Å²) in [5.74, 6) is -0.664. The number of nitrogens with one attached hydrogen (secondary N) is 2. The Balaban J connectivity index is 1.88. The Morgan fingerprint density at radius 3 is 2.91 bits per heavy atom. The number of anilines is 1. The Hall–Kier alpha value is -1.77. The van der Waals surface area contributed by atoms with Crippen molar-refractivity contribution in [3.8, 4) is 0 Å². The molecule has 0 saturated carbocycles. The van der Waals surface area contributed by atoms with Crippen LogP contribution in [0.5, 0.6) is 0 Å². The smallest absolute Gasteiger partial charge is 0.271 e. The first kappa shape index (κ1) is 17.6. The molecule has 0 radical (unpaired) electrons. The zero-order valence-electron chi connectivity index (χ0n) is 12.6. The molecular weight excluding hydrogens is 380 g/mol. The molecule has 2 rings (SSSR count). The van der Waals surface area contributed by atoms with Crippen LogP contribution in [0.1, 0.15) is 21.1 Å². The molecule has 2 amide bonds. The van der Waals surface area contributed by atoms with Crippen molar-refractivity contribution in [3.05, 3.63) is 44.3 Å². The van der Waals surface area contributed by atoms with Crippen molar-refractivity contribution in [3.63, 3.8) is 0 Å². The third-order valence-electron chi connectivity index (χ3n) is 3.03. The summed E-state index contributed by atoms with van der Waals surface area (Å²) in [7, 11) is 0. The fourth-order valence-corrected chi connectivity index (χ4v) is 2.98. The summed E-state index contributed by atoms with van der Waals surface area (Å²) < 4.78 is 0.873. The van der Waals surface area contributed by atoms with Gasteiger partial charge in [0, 0.05) is 22.0 Å². The number of nitrogens with zero attached hydrogens (tertiary/aromatic N) is 1. The number of hydrogen-bond donors (Lipinski definition) is 3. The molecule has 0 aliphatic heterocycles. The van der Waals surface area contributed by atoms with Gasteiger partial charge < -0.3 is 16.4 Å². The van der Waals surface area contributed by atoms with Gasteiger partial charge in [-0.2, -0.15) is 0 Å². The van der Waals surface area contributed by atoms with Gasteiger partial charge in [-0.3, -0.25) is 9.59 Å². The van der Waals surface area contributed by atoms with Gasteiger partial charge >= 0.3 is 0 Å². The van der Waals surface area contributed by atoms with E-state index in [1.165, 1.54) is 11.3 Å². The number of nitrogens with two attached hydrogens (primary N) is 1. The molecule has 0 aliphatic rings. The molecule has 0 saturated heterocycles. The number of rotatable bonds is 6. The van der Waals surface area contributed by atoms with E-state index in [2.05, 4.69) is 31.5 Å². The monoisotopic (exact) mass is 396 g/mol. The first-order chi connectivity index (χ1) is 11.0. The molecule has 0 bridgehead atoms. The molecule has 2 aromatic rings. The van der Waals surface area contributed by atoms with Crippen molar-refractivity contribution in [1.29, 1.82) is 0 Å². The lowest BCUT2D eigenvalue weighted by Crippen LogP contribution is -2.33. The van der Waals surface area contributed by atoms with Crippen LogP contribution < -0.4 is 16.4 Å². The molecular formula is C15H17BrN4O2S. The number of carbonyl (C=O) groups is 2. The quantitative estimate of drug-likeness (QED) is 0.695. The van der Waals surface area contributed by atoms with E-state index in [0.29, 0.717) is 24.3 Å². The SMILES string of the molecule is Cc1ccc(Br)cc1NC(=O)CNC(=O)c1csc(CCN)n1. The van der Waals surface area contributed by atoms with Crippen LogP contribution in [0, 0.1) is 6.92 Å². The lowest BCUT2D eigenvalue weighted by Gasteiger charge is -2.09. The van der Waals surface area contributed by atoms with E-state index in [-0.39, 0.29) is 18.4 Å². The Bertz CT molecular complexity index is 717. The second-order valence-corrected chi connectivity index (χ2v) is 6.71. The lowest BCUT2D eigenvalue weighted by atomic mass is 10.2. The number of amides is 2. The molecule has 4 N–H and O–H groups in total. The summed E-state index contributed by atoms with van der Waals surface area (Å²) in [6.45, 7) is 2.27. The van der Waals surface area contributed by atoms with Gasteiger partial charge in [-0.15, -0.1) is 11.3 Å². The molecule has 23 heavy (non-hydrogen) atoms. The zero-order valence-corrected chi connectivity index (χ0v) is 15.0. The number of halogens is 1. The van der Waals surface area contributed by atoms with E-state index in [9.17, 15) is 9.59 Å². The first-order valence-corrected chi connectivity index (χ1v) is 8.65. The normalized spacial score (nSPS) is 10.4. The topological polar surface area (TPSA) is 97.1 Å². The molecule has 1 heterocycles. The van der Waals surface area contributed by atoms with E-state index >= 15 is 0 Å². The van der Waals surface area contributed by atoms with Crippen molar-refractivity contribution < 1.29 is 9.59 Å². The van der Waals surface area contributed by atoms with Gasteiger partial charge in [0.2, 0.25) is 5.91 Å². The van der Waals surface area contributed by atoms with Crippen molar-refractivity contribution in [2.45, 2.75) is 13.3 Å². The van der Waals surface area contributed by atoms with Crippen LogP contribution in [0.15, 0.2) is 28.1 Å². The largest absolute Gasteiger partial charge is 0.342 e. The van der Waals surface area contributed by atoms with Crippen molar-refractivity contribution >= 4 is 44.8 Å². The predicted molar refractivity (Wildman–Crippen MR) is 94.7 cm³/mol. The molecule has 0 aliphatic carbocycles. The first-order valence-electron chi connectivity index (χ1n) is 6.98. The van der Waals surface area contributed by atoms with Crippen molar-refractivity contribution in [2.75, 3.05) is 18.4 Å². The summed E-state index contributed by atoms with van der Waals surface area (Å²) in [4.78, 5) is 28.1. The Kier molecular flexibility index (Phi) is 6.26. The number of benzene rings is 1. The highest BCUT2D eigenvalue weighted by Crippen LogP contribution is 2.20. The number of carbonyl (C=O) groups excluding carboxylic acids is 2. The van der Waals surface area contributed by atoms with Crippen LogP contribution in [0.4, 0.5) is 5.69 Å². The Morgan fingerprint density at radius 1 is 1.39 bits per heavy atom. The summed E-state index contributed by atoms with van der Waals surface area (Å²) >= 11 is 4.74. The Labute approximate surface area is 146 Å². The Morgan fingerprint density at radius 2 is 2.17 bits per heavy atom. The lowest BCUT2D eigenvalue weighted by molar-refractivity contribution is -0.115. The average Bonchev–Trinajstić information content (AvgIpc) is 2.98. The van der Waals surface area contributed by atoms with Gasteiger partial charge in [-0.05, 0) is 31.2 Å². The van der Waals surface area contributed by atoms with Gasteiger partial charge in [-0.25, -0.2) is 4.98 Å². The van der Waals surface area contributed by atoms with Gasteiger partial charge in [0.25, 0.3) is 5.91 Å². The van der Waals surface area contributed by atoms with Crippen LogP contribution >= 0.6 is 27.3 Å². The summed E-state index contributed by atoms with van der Waals surface area (Å²) in [6.07, 6.45) is 0.639. The molecule has 0 atom stereocenters. The van der Waals surface area contributed by atoms with E-state index < -0.39 is 0 Å². The van der Waals surface area contributed by atoms with Crippen LogP contribution in [-0.4, -0.2) is 29.9 Å². The van der Waals surface area contributed by atoms with Gasteiger partial charge in [-0.1, -0.05) is 22.0 Å². The minimum absolute atomic E-state index is 0.117. The molecule has 0 fully saturated rings. The molecule has 0 unspecified atom stereocenters. The van der Waals surface area contributed by atoms with Gasteiger partial charge in [0.05, 0.1) is 11.6 Å². The van der Waals surface area contributed by atoms with Gasteiger partial charge in [0.1, 0.15) is 5.69 Å². The molecule has 8 heteroatoms. The molecule has 1 aromatic heterocycles. The fraction of sp³-hybridized carbons (Fsp3) is 0.267. The molecule has 1 aromatic carbocycles. The number of hydrogen-bond acceptors (Lipinski definition) is 5. The fourth-order valence-electron chi connectivity index (χ4n) is 1.83. The number of thiazole rings is 1. The van der Waals surface area contributed by atoms with E-state index in [4.69, 9.17) is 5.73 Å². The van der Waals surface area contributed by atoms with Crippen molar-refractivity contribution in [1.82, 2.24) is 10.3 Å². The third-order valence-corrected chi connectivity index (χ3v) is 4.43. The van der Waals surface area contributed by atoms with Crippen LogP contribution in [0.25, 0.3) is 0 Å². The maximum atomic E-state index is 12.0. The van der Waals surface area contributed by atoms with Crippen molar-refractivity contribution in [2.24, 2.45) is 5.73 Å². The predicted octanol–water partition coefficient (Wildman–Crippen LogP) is 2.08. The highest BCUT2D eigenvalue weighted by molar-refractivity contribution is 9.10. The van der Waals surface area contributed by atoms with E-state index in [1.54, 1.807) is 5.38 Å². The molecule has 6 nitrogen and oxygen atoms in total. The third kappa shape index (κ3) is 5.12. The van der Waals surface area contributed by atoms with Crippen LogP contribution in [0.3, 0.4) is 0 Å². The standard InChI is InChI=1S/C15H17BrN4O2S/c1-9-2-3-10(16)6-11(9)19-13(21)7-18-15(22)12-8-23-14(20-12)4-5-17/h2-3,6,8H,4-5,7,17H2,1H3,(H,18,22)(H,19,21). The maximum Gasteiger partial charge on any atom is 0.271 e. The molecule has 122 valence electrons. The minimum atomic E-state index is -0.370. The van der Waals surface area contributed by atoms with Crippen LogP contribution in [-0.2, 0) is 11.2 Å².